The second-order valence-corrected chi connectivity index (χ2v) is 5.82. The van der Waals surface area contributed by atoms with E-state index in [1.54, 1.807) is 48.5 Å². The highest BCUT2D eigenvalue weighted by atomic mass is 16.5. The van der Waals surface area contributed by atoms with Crippen LogP contribution in [0.15, 0.2) is 60.8 Å². The minimum absolute atomic E-state index is 0.227. The fraction of sp³-hybridized carbons (Fsp3) is 0.0952. The van der Waals surface area contributed by atoms with Gasteiger partial charge in [0.2, 0.25) is 0 Å². The van der Waals surface area contributed by atoms with Gasteiger partial charge >= 0.3 is 0 Å². The molecule has 0 aliphatic carbocycles. The Labute approximate surface area is 156 Å². The normalized spacial score (nSPS) is 10.1. The Morgan fingerprint density at radius 2 is 1.89 bits per heavy atom. The van der Waals surface area contributed by atoms with E-state index < -0.39 is 0 Å². The molecule has 2 N–H and O–H groups in total. The second-order valence-electron chi connectivity index (χ2n) is 5.82. The zero-order valence-electron chi connectivity index (χ0n) is 14.7. The summed E-state index contributed by atoms with van der Waals surface area (Å²) >= 11 is 0. The number of carbonyl (C=O) groups is 2. The van der Waals surface area contributed by atoms with Crippen molar-refractivity contribution in [3.8, 4) is 11.8 Å². The lowest BCUT2D eigenvalue weighted by molar-refractivity contribution is 0.0946. The summed E-state index contributed by atoms with van der Waals surface area (Å²) in [7, 11) is 1.51. The van der Waals surface area contributed by atoms with Crippen LogP contribution in [0.1, 0.15) is 37.5 Å². The van der Waals surface area contributed by atoms with Crippen molar-refractivity contribution in [2.24, 2.45) is 0 Å². The first-order chi connectivity index (χ1) is 13.1. The largest absolute Gasteiger partial charge is 0.496 e. The number of methoxy groups -OCH3 is 1. The molecule has 0 aliphatic heterocycles. The van der Waals surface area contributed by atoms with Gasteiger partial charge in [-0.15, -0.1) is 0 Å². The highest BCUT2D eigenvalue weighted by Crippen LogP contribution is 2.21. The van der Waals surface area contributed by atoms with E-state index in [9.17, 15) is 9.59 Å². The van der Waals surface area contributed by atoms with Crippen LogP contribution >= 0.6 is 0 Å². The molecule has 0 saturated carbocycles. The van der Waals surface area contributed by atoms with Gasteiger partial charge in [-0.25, -0.2) is 0 Å². The molecular weight excluding hydrogens is 342 g/mol. The van der Waals surface area contributed by atoms with Crippen LogP contribution in [0.5, 0.6) is 5.75 Å². The monoisotopic (exact) mass is 359 g/mol. The molecule has 0 radical (unpaired) electrons. The first-order valence-corrected chi connectivity index (χ1v) is 8.25. The second kappa shape index (κ2) is 8.02. The number of carbonyl (C=O) groups excluding carboxylic acids is 2. The number of H-pyrrole nitrogens is 1. The number of aromatic amines is 1. The van der Waals surface area contributed by atoms with E-state index in [2.05, 4.69) is 10.3 Å². The third-order valence-corrected chi connectivity index (χ3v) is 4.08. The molecule has 1 aromatic heterocycles. The lowest BCUT2D eigenvalue weighted by atomic mass is 10.0. The number of hydrogen-bond donors (Lipinski definition) is 2. The molecule has 3 rings (SSSR count). The van der Waals surface area contributed by atoms with E-state index in [4.69, 9.17) is 10.00 Å². The van der Waals surface area contributed by atoms with Crippen LogP contribution in [0.2, 0.25) is 0 Å². The maximum atomic E-state index is 12.6. The molecule has 1 heterocycles. The fourth-order valence-electron chi connectivity index (χ4n) is 2.62. The topological polar surface area (TPSA) is 95.0 Å². The van der Waals surface area contributed by atoms with E-state index in [0.29, 0.717) is 34.7 Å². The first kappa shape index (κ1) is 18.0. The van der Waals surface area contributed by atoms with Crippen molar-refractivity contribution in [1.29, 1.82) is 5.26 Å². The molecule has 0 bridgehead atoms. The molecule has 0 spiro atoms. The van der Waals surface area contributed by atoms with E-state index in [1.165, 1.54) is 19.4 Å². The van der Waals surface area contributed by atoms with Crippen molar-refractivity contribution >= 4 is 11.7 Å². The summed E-state index contributed by atoms with van der Waals surface area (Å²) in [5, 5.41) is 11.6. The van der Waals surface area contributed by atoms with Crippen LogP contribution in [-0.4, -0.2) is 23.8 Å². The summed E-state index contributed by atoms with van der Waals surface area (Å²) < 4.78 is 5.22. The fourth-order valence-corrected chi connectivity index (χ4v) is 2.62. The van der Waals surface area contributed by atoms with Crippen LogP contribution < -0.4 is 10.1 Å². The SMILES string of the molecule is COc1ccccc1C(=O)c1c[nH]c(C(=O)NCc2ccc(C#N)cc2)c1. The van der Waals surface area contributed by atoms with Gasteiger partial charge in [-0.3, -0.25) is 9.59 Å². The summed E-state index contributed by atoms with van der Waals surface area (Å²) in [5.74, 6) is -0.0659. The molecular formula is C21H17N3O3. The first-order valence-electron chi connectivity index (χ1n) is 8.25. The van der Waals surface area contributed by atoms with E-state index in [0.717, 1.165) is 5.56 Å². The number of nitrogens with zero attached hydrogens (tertiary/aromatic N) is 1. The third-order valence-electron chi connectivity index (χ3n) is 4.08. The average Bonchev–Trinajstić information content (AvgIpc) is 3.22. The molecule has 27 heavy (non-hydrogen) atoms. The molecule has 2 aromatic carbocycles. The van der Waals surface area contributed by atoms with Crippen molar-refractivity contribution in [3.05, 3.63) is 88.7 Å². The zero-order chi connectivity index (χ0) is 19.2. The van der Waals surface area contributed by atoms with Gasteiger partial charge in [-0.1, -0.05) is 24.3 Å². The summed E-state index contributed by atoms with van der Waals surface area (Å²) in [6.07, 6.45) is 1.51. The summed E-state index contributed by atoms with van der Waals surface area (Å²) in [4.78, 5) is 27.8. The van der Waals surface area contributed by atoms with E-state index in [1.807, 2.05) is 6.07 Å². The van der Waals surface area contributed by atoms with Gasteiger partial charge in [0.25, 0.3) is 5.91 Å². The molecule has 3 aromatic rings. The Morgan fingerprint density at radius 3 is 2.59 bits per heavy atom. The number of ether oxygens (including phenoxy) is 1. The summed E-state index contributed by atoms with van der Waals surface area (Å²) in [6.45, 7) is 0.319. The molecule has 0 aliphatic rings. The van der Waals surface area contributed by atoms with E-state index in [-0.39, 0.29) is 11.7 Å². The molecule has 0 unspecified atom stereocenters. The maximum absolute atomic E-state index is 12.6. The highest BCUT2D eigenvalue weighted by Gasteiger charge is 2.17. The number of hydrogen-bond acceptors (Lipinski definition) is 4. The van der Waals surface area contributed by atoms with Gasteiger partial charge in [0.1, 0.15) is 11.4 Å². The maximum Gasteiger partial charge on any atom is 0.267 e. The molecule has 0 saturated heterocycles. The van der Waals surface area contributed by atoms with Gasteiger partial charge in [-0.05, 0) is 35.9 Å². The minimum Gasteiger partial charge on any atom is -0.496 e. The van der Waals surface area contributed by atoms with Crippen molar-refractivity contribution in [2.45, 2.75) is 6.54 Å². The third kappa shape index (κ3) is 4.05. The summed E-state index contributed by atoms with van der Waals surface area (Å²) in [6, 6.07) is 17.5. The Kier molecular flexibility index (Phi) is 5.33. The number of benzene rings is 2. The van der Waals surface area contributed by atoms with Crippen molar-refractivity contribution in [2.75, 3.05) is 7.11 Å². The van der Waals surface area contributed by atoms with Gasteiger partial charge in [0.05, 0.1) is 24.3 Å². The Balaban J connectivity index is 1.68. The standard InChI is InChI=1S/C21H17N3O3/c1-27-19-5-3-2-4-17(19)20(25)16-10-18(23-13-16)21(26)24-12-15-8-6-14(11-22)7-9-15/h2-10,13,23H,12H2,1H3,(H,24,26). The molecule has 1 amide bonds. The van der Waals surface area contributed by atoms with Crippen molar-refractivity contribution in [1.82, 2.24) is 10.3 Å². The van der Waals surface area contributed by atoms with Gasteiger partial charge in [0, 0.05) is 18.3 Å². The van der Waals surface area contributed by atoms with Gasteiger partial charge in [-0.2, -0.15) is 5.26 Å². The number of nitrogens with one attached hydrogen (secondary N) is 2. The smallest absolute Gasteiger partial charge is 0.267 e. The number of nitriles is 1. The van der Waals surface area contributed by atoms with E-state index >= 15 is 0 Å². The predicted octanol–water partition coefficient (Wildman–Crippen LogP) is 3.06. The molecule has 6 nitrogen and oxygen atoms in total. The van der Waals surface area contributed by atoms with Crippen LogP contribution in [0, 0.1) is 11.3 Å². The number of para-hydroxylation sites is 1. The predicted molar refractivity (Wildman–Crippen MR) is 99.5 cm³/mol. The molecule has 0 atom stereocenters. The van der Waals surface area contributed by atoms with Gasteiger partial charge in [0.15, 0.2) is 5.78 Å². The lowest BCUT2D eigenvalue weighted by Gasteiger charge is -2.05. The number of amides is 1. The van der Waals surface area contributed by atoms with Crippen molar-refractivity contribution < 1.29 is 14.3 Å². The lowest BCUT2D eigenvalue weighted by Crippen LogP contribution is -2.23. The Morgan fingerprint density at radius 1 is 1.15 bits per heavy atom. The van der Waals surface area contributed by atoms with Crippen LogP contribution in [-0.2, 0) is 6.54 Å². The number of aromatic nitrogens is 1. The van der Waals surface area contributed by atoms with Crippen molar-refractivity contribution in [3.63, 3.8) is 0 Å². The zero-order valence-corrected chi connectivity index (χ0v) is 14.7. The molecule has 0 fully saturated rings. The highest BCUT2D eigenvalue weighted by molar-refractivity contribution is 6.11. The number of rotatable bonds is 6. The molecule has 134 valence electrons. The summed E-state index contributed by atoms with van der Waals surface area (Å²) in [5.41, 5.74) is 2.54. The quantitative estimate of drug-likeness (QED) is 0.661. The Bertz CT molecular complexity index is 1010. The van der Waals surface area contributed by atoms with Crippen LogP contribution in [0.25, 0.3) is 0 Å². The van der Waals surface area contributed by atoms with Crippen LogP contribution in [0.3, 0.4) is 0 Å². The average molecular weight is 359 g/mol. The van der Waals surface area contributed by atoms with Crippen LogP contribution in [0.4, 0.5) is 0 Å². The minimum atomic E-state index is -0.321. The Hall–Kier alpha value is -3.85. The van der Waals surface area contributed by atoms with Gasteiger partial charge < -0.3 is 15.0 Å². The number of ketones is 1. The molecule has 6 heteroatoms.